The minimum atomic E-state index is -0.569. The van der Waals surface area contributed by atoms with E-state index in [4.69, 9.17) is 5.73 Å². The molecule has 0 bridgehead atoms. The van der Waals surface area contributed by atoms with Crippen molar-refractivity contribution in [2.75, 3.05) is 16.8 Å². The summed E-state index contributed by atoms with van der Waals surface area (Å²) in [5.41, 5.74) is 6.92. The van der Waals surface area contributed by atoms with E-state index >= 15 is 0 Å². The summed E-state index contributed by atoms with van der Waals surface area (Å²) in [6.45, 7) is 5.19. The number of carbonyl (C=O) groups excluding carboxylic acids is 2. The third-order valence-electron chi connectivity index (χ3n) is 3.27. The summed E-state index contributed by atoms with van der Waals surface area (Å²) in [5, 5.41) is 11.2. The summed E-state index contributed by atoms with van der Waals surface area (Å²) in [6, 6.07) is 6.23. The van der Waals surface area contributed by atoms with Gasteiger partial charge >= 0.3 is 0 Å². The number of benzene rings is 1. The number of Topliss-reactive ketones (excluding diaryl/α,β-unsaturated/α-hetero) is 1. The molecule has 0 aliphatic carbocycles. The monoisotopic (exact) mass is 333 g/mol. The van der Waals surface area contributed by atoms with Crippen molar-refractivity contribution in [2.45, 2.75) is 32.0 Å². The molecule has 1 heterocycles. The summed E-state index contributed by atoms with van der Waals surface area (Å²) in [4.78, 5) is 23.9. The Morgan fingerprint density at radius 1 is 1.39 bits per heavy atom. The average Bonchev–Trinajstić information content (AvgIpc) is 2.88. The highest BCUT2D eigenvalue weighted by Crippen LogP contribution is 2.23. The molecule has 0 aliphatic rings. The van der Waals surface area contributed by atoms with Crippen LogP contribution in [0.15, 0.2) is 29.4 Å². The number of hydrogen-bond acceptors (Lipinski definition) is 6. The molecule has 23 heavy (non-hydrogen) atoms. The maximum absolute atomic E-state index is 12.5. The molecule has 0 aliphatic heterocycles. The van der Waals surface area contributed by atoms with E-state index in [0.29, 0.717) is 16.4 Å². The van der Waals surface area contributed by atoms with Crippen LogP contribution in [0.5, 0.6) is 0 Å². The van der Waals surface area contributed by atoms with Gasteiger partial charge in [0.2, 0.25) is 11.9 Å². The maximum Gasteiger partial charge on any atom is 0.247 e. The zero-order valence-corrected chi connectivity index (χ0v) is 14.1. The summed E-state index contributed by atoms with van der Waals surface area (Å²) in [7, 11) is 0. The molecule has 122 valence electrons. The lowest BCUT2D eigenvalue weighted by atomic mass is 10.1. The van der Waals surface area contributed by atoms with Crippen molar-refractivity contribution in [2.24, 2.45) is 0 Å². The van der Waals surface area contributed by atoms with E-state index in [-0.39, 0.29) is 17.6 Å². The van der Waals surface area contributed by atoms with Gasteiger partial charge in [0.05, 0.1) is 0 Å². The maximum atomic E-state index is 12.5. The van der Waals surface area contributed by atoms with Gasteiger partial charge in [-0.2, -0.15) is 0 Å². The molecule has 0 radical (unpaired) electrons. The Bertz CT molecular complexity index is 728. The minimum absolute atomic E-state index is 0.0566. The van der Waals surface area contributed by atoms with Crippen LogP contribution < -0.4 is 11.1 Å². The molecule has 1 amide bonds. The predicted molar refractivity (Wildman–Crippen MR) is 90.6 cm³/mol. The number of aromatic nitrogens is 3. The molecular formula is C15H19N5O2S. The Morgan fingerprint density at radius 3 is 2.78 bits per heavy atom. The number of nitrogens with zero attached hydrogens (tertiary/aromatic N) is 3. The quantitative estimate of drug-likeness (QED) is 0.621. The highest BCUT2D eigenvalue weighted by atomic mass is 32.2. The molecule has 1 unspecified atom stereocenters. The van der Waals surface area contributed by atoms with Gasteiger partial charge in [0.1, 0.15) is 6.04 Å². The normalized spacial score (nSPS) is 12.0. The van der Waals surface area contributed by atoms with Gasteiger partial charge in [-0.25, -0.2) is 0 Å². The second kappa shape index (κ2) is 7.28. The number of amides is 1. The van der Waals surface area contributed by atoms with Gasteiger partial charge in [-0.05, 0) is 31.7 Å². The Kier molecular flexibility index (Phi) is 5.38. The molecule has 0 saturated heterocycles. The van der Waals surface area contributed by atoms with E-state index in [9.17, 15) is 9.59 Å². The first kappa shape index (κ1) is 17.0. The third-order valence-corrected chi connectivity index (χ3v) is 4.09. The van der Waals surface area contributed by atoms with E-state index in [1.54, 1.807) is 35.8 Å². The number of nitrogen functional groups attached to an aromatic ring is 1. The number of anilines is 2. The van der Waals surface area contributed by atoms with Crippen LogP contribution in [0.3, 0.4) is 0 Å². The van der Waals surface area contributed by atoms with E-state index in [1.807, 2.05) is 6.92 Å². The molecule has 2 rings (SSSR count). The first-order chi connectivity index (χ1) is 10.9. The van der Waals surface area contributed by atoms with Crippen molar-refractivity contribution in [3.63, 3.8) is 0 Å². The van der Waals surface area contributed by atoms with E-state index in [2.05, 4.69) is 15.5 Å². The SMILES string of the molecule is CCSc1nnc(N)n1C(C)C(=O)Nc1cccc(C(C)=O)c1. The third kappa shape index (κ3) is 3.89. The second-order valence-corrected chi connectivity index (χ2v) is 6.18. The lowest BCUT2D eigenvalue weighted by Crippen LogP contribution is -2.25. The van der Waals surface area contributed by atoms with Gasteiger partial charge in [-0.1, -0.05) is 30.8 Å². The van der Waals surface area contributed by atoms with Crippen LogP contribution in [0.1, 0.15) is 37.2 Å². The number of nitrogens with one attached hydrogen (secondary N) is 1. The van der Waals surface area contributed by atoms with Crippen LogP contribution in [-0.2, 0) is 4.79 Å². The van der Waals surface area contributed by atoms with E-state index in [0.717, 1.165) is 5.75 Å². The Morgan fingerprint density at radius 2 is 2.13 bits per heavy atom. The fourth-order valence-corrected chi connectivity index (χ4v) is 2.81. The lowest BCUT2D eigenvalue weighted by Gasteiger charge is -2.16. The minimum Gasteiger partial charge on any atom is -0.368 e. The molecule has 1 aromatic heterocycles. The molecule has 1 atom stereocenters. The molecule has 7 nitrogen and oxygen atoms in total. The molecule has 0 saturated carbocycles. The first-order valence-electron chi connectivity index (χ1n) is 7.19. The molecule has 0 spiro atoms. The van der Waals surface area contributed by atoms with Crippen molar-refractivity contribution in [3.05, 3.63) is 29.8 Å². The number of nitrogens with two attached hydrogens (primary N) is 1. The number of ketones is 1. The first-order valence-corrected chi connectivity index (χ1v) is 8.17. The van der Waals surface area contributed by atoms with Crippen molar-refractivity contribution in [1.82, 2.24) is 14.8 Å². The van der Waals surface area contributed by atoms with Crippen molar-refractivity contribution >= 4 is 35.1 Å². The molecule has 1 aromatic carbocycles. The number of hydrogen-bond donors (Lipinski definition) is 2. The summed E-state index contributed by atoms with van der Waals surface area (Å²) in [6.07, 6.45) is 0. The molecule has 3 N–H and O–H groups in total. The van der Waals surface area contributed by atoms with Gasteiger partial charge < -0.3 is 11.1 Å². The predicted octanol–water partition coefficient (Wildman–Crippen LogP) is 2.37. The Labute approximate surface area is 138 Å². The largest absolute Gasteiger partial charge is 0.368 e. The van der Waals surface area contributed by atoms with Crippen LogP contribution in [0.4, 0.5) is 11.6 Å². The topological polar surface area (TPSA) is 103 Å². The van der Waals surface area contributed by atoms with E-state index < -0.39 is 6.04 Å². The Balaban J connectivity index is 2.19. The summed E-state index contributed by atoms with van der Waals surface area (Å²) >= 11 is 1.47. The van der Waals surface area contributed by atoms with Crippen molar-refractivity contribution < 1.29 is 9.59 Å². The van der Waals surface area contributed by atoms with E-state index in [1.165, 1.54) is 18.7 Å². The van der Waals surface area contributed by atoms with Gasteiger partial charge in [0.25, 0.3) is 0 Å². The van der Waals surface area contributed by atoms with Gasteiger partial charge in [0.15, 0.2) is 10.9 Å². The van der Waals surface area contributed by atoms with Gasteiger partial charge in [-0.3, -0.25) is 14.2 Å². The molecule has 8 heteroatoms. The van der Waals surface area contributed by atoms with Crippen LogP contribution >= 0.6 is 11.8 Å². The van der Waals surface area contributed by atoms with Crippen LogP contribution in [-0.4, -0.2) is 32.2 Å². The Hall–Kier alpha value is -2.35. The zero-order valence-electron chi connectivity index (χ0n) is 13.2. The lowest BCUT2D eigenvalue weighted by molar-refractivity contribution is -0.118. The highest BCUT2D eigenvalue weighted by Gasteiger charge is 2.22. The average molecular weight is 333 g/mol. The van der Waals surface area contributed by atoms with Crippen LogP contribution in [0.25, 0.3) is 0 Å². The molecule has 2 aromatic rings. The van der Waals surface area contributed by atoms with Gasteiger partial charge in [-0.15, -0.1) is 10.2 Å². The second-order valence-electron chi connectivity index (χ2n) is 4.95. The van der Waals surface area contributed by atoms with Crippen molar-refractivity contribution in [1.29, 1.82) is 0 Å². The highest BCUT2D eigenvalue weighted by molar-refractivity contribution is 7.99. The smallest absolute Gasteiger partial charge is 0.247 e. The summed E-state index contributed by atoms with van der Waals surface area (Å²) < 4.78 is 1.60. The number of carbonyl (C=O) groups is 2. The fraction of sp³-hybridized carbons (Fsp3) is 0.333. The summed E-state index contributed by atoms with van der Waals surface area (Å²) in [5.74, 6) is 0.683. The van der Waals surface area contributed by atoms with Gasteiger partial charge in [0, 0.05) is 11.3 Å². The zero-order chi connectivity index (χ0) is 17.0. The fourth-order valence-electron chi connectivity index (χ4n) is 2.06. The molecule has 0 fully saturated rings. The van der Waals surface area contributed by atoms with Crippen LogP contribution in [0, 0.1) is 0 Å². The standard InChI is InChI=1S/C15H19N5O2S/c1-4-23-15-19-18-14(16)20(15)9(2)13(22)17-12-7-5-6-11(8-12)10(3)21/h5-9H,4H2,1-3H3,(H2,16,18)(H,17,22). The van der Waals surface area contributed by atoms with Crippen molar-refractivity contribution in [3.8, 4) is 0 Å². The number of rotatable bonds is 6. The van der Waals surface area contributed by atoms with Crippen LogP contribution in [0.2, 0.25) is 0 Å². The molecular weight excluding hydrogens is 314 g/mol. The number of thioether (sulfide) groups is 1.